The average molecular weight is 359 g/mol. The van der Waals surface area contributed by atoms with E-state index in [9.17, 15) is 0 Å². The minimum Gasteiger partial charge on any atom is -0.379 e. The van der Waals surface area contributed by atoms with Crippen LogP contribution >= 0.6 is 0 Å². The van der Waals surface area contributed by atoms with Crippen LogP contribution in [0.1, 0.15) is 32.1 Å². The Labute approximate surface area is 151 Å². The molecule has 0 atom stereocenters. The molecule has 0 saturated heterocycles. The molecule has 25 heavy (non-hydrogen) atoms. The Morgan fingerprint density at radius 2 is 1.04 bits per heavy atom. The Hall–Kier alpha value is -0.890. The van der Waals surface area contributed by atoms with E-state index in [0.29, 0.717) is 79.0 Å². The second kappa shape index (κ2) is 23.1. The van der Waals surface area contributed by atoms with E-state index < -0.39 is 0 Å². The summed E-state index contributed by atoms with van der Waals surface area (Å²) in [7, 11) is 0. The predicted octanol–water partition coefficient (Wildman–Crippen LogP) is 3.04. The van der Waals surface area contributed by atoms with Gasteiger partial charge in [-0.1, -0.05) is 11.5 Å². The molecule has 0 aliphatic heterocycles. The van der Waals surface area contributed by atoms with Crippen LogP contribution in [-0.2, 0) is 23.7 Å². The van der Waals surface area contributed by atoms with Crippen molar-refractivity contribution in [3.8, 4) is 0 Å². The Bertz CT molecular complexity index is 302. The van der Waals surface area contributed by atoms with Crippen LogP contribution in [0.15, 0.2) is 5.11 Å². The molecule has 0 N–H and O–H groups in total. The summed E-state index contributed by atoms with van der Waals surface area (Å²) in [4.78, 5) is 2.71. The Morgan fingerprint density at radius 3 is 1.48 bits per heavy atom. The third-order valence-electron chi connectivity index (χ3n) is 3.09. The largest absolute Gasteiger partial charge is 0.379 e. The highest BCUT2D eigenvalue weighted by Gasteiger charge is 1.94. The molecule has 0 spiro atoms. The number of hydrogen-bond acceptors (Lipinski definition) is 6. The number of azide groups is 1. The van der Waals surface area contributed by atoms with Gasteiger partial charge in [0.25, 0.3) is 0 Å². The first-order valence-electron chi connectivity index (χ1n) is 9.01. The fraction of sp³-hybridized carbons (Fsp3) is 0.941. The summed E-state index contributed by atoms with van der Waals surface area (Å²) in [5, 5.41) is 3.48. The highest BCUT2D eigenvalue weighted by molar-refractivity contribution is 4.48. The van der Waals surface area contributed by atoms with Crippen LogP contribution in [0.3, 0.4) is 0 Å². The lowest BCUT2D eigenvalue weighted by molar-refractivity contribution is -0.0113. The van der Waals surface area contributed by atoms with Crippen molar-refractivity contribution in [2.24, 2.45) is 5.11 Å². The fourth-order valence-corrected chi connectivity index (χ4v) is 1.78. The predicted molar refractivity (Wildman–Crippen MR) is 95.5 cm³/mol. The summed E-state index contributed by atoms with van der Waals surface area (Å²) >= 11 is 0. The van der Waals surface area contributed by atoms with Crippen molar-refractivity contribution in [3.63, 3.8) is 0 Å². The SMILES string of the molecule is [CH]CCCOCCOCCOCCOCCOCCCCCN=[N+]=[N-]. The van der Waals surface area contributed by atoms with Crippen LogP contribution in [0.5, 0.6) is 0 Å². The van der Waals surface area contributed by atoms with Gasteiger partial charge in [0.05, 0.1) is 52.9 Å². The van der Waals surface area contributed by atoms with Gasteiger partial charge in [-0.2, -0.15) is 0 Å². The van der Waals surface area contributed by atoms with E-state index in [0.717, 1.165) is 25.7 Å². The summed E-state index contributed by atoms with van der Waals surface area (Å²) in [5.74, 6) is 0. The van der Waals surface area contributed by atoms with Crippen LogP contribution in [0, 0.1) is 6.92 Å². The molecule has 0 saturated carbocycles. The van der Waals surface area contributed by atoms with Gasteiger partial charge in [0.15, 0.2) is 0 Å². The molecular formula is C17H33N3O5. The molecule has 0 aromatic heterocycles. The zero-order chi connectivity index (χ0) is 18.3. The Kier molecular flexibility index (Phi) is 22.3. The second-order valence-electron chi connectivity index (χ2n) is 5.22. The molecule has 0 unspecified atom stereocenters. The monoisotopic (exact) mass is 359 g/mol. The molecule has 8 heteroatoms. The molecule has 146 valence electrons. The third-order valence-corrected chi connectivity index (χ3v) is 3.09. The lowest BCUT2D eigenvalue weighted by atomic mass is 10.2. The molecule has 0 heterocycles. The zero-order valence-electron chi connectivity index (χ0n) is 15.3. The molecule has 8 nitrogen and oxygen atoms in total. The van der Waals surface area contributed by atoms with Crippen LogP contribution < -0.4 is 0 Å². The van der Waals surface area contributed by atoms with Gasteiger partial charge in [0, 0.05) is 24.7 Å². The van der Waals surface area contributed by atoms with Gasteiger partial charge in [0.2, 0.25) is 0 Å². The molecule has 0 bridgehead atoms. The van der Waals surface area contributed by atoms with E-state index in [1.54, 1.807) is 0 Å². The van der Waals surface area contributed by atoms with Gasteiger partial charge in [-0.05, 0) is 38.1 Å². The minimum absolute atomic E-state index is 0.551. The topological polar surface area (TPSA) is 94.9 Å². The molecule has 0 aliphatic carbocycles. The van der Waals surface area contributed by atoms with Crippen LogP contribution in [0.2, 0.25) is 0 Å². The van der Waals surface area contributed by atoms with Crippen molar-refractivity contribution in [2.75, 3.05) is 72.6 Å². The van der Waals surface area contributed by atoms with E-state index in [1.165, 1.54) is 0 Å². The highest BCUT2D eigenvalue weighted by Crippen LogP contribution is 1.96. The molecule has 0 amide bonds. The summed E-state index contributed by atoms with van der Waals surface area (Å²) < 4.78 is 26.9. The molecule has 0 aliphatic rings. The summed E-state index contributed by atoms with van der Waals surface area (Å²) in [5.41, 5.74) is 8.12. The summed E-state index contributed by atoms with van der Waals surface area (Å²) in [6.45, 7) is 11.9. The number of rotatable bonds is 21. The van der Waals surface area contributed by atoms with Crippen LogP contribution in [-0.4, -0.2) is 72.6 Å². The smallest absolute Gasteiger partial charge is 0.0701 e. The third kappa shape index (κ3) is 23.1. The van der Waals surface area contributed by atoms with E-state index in [2.05, 4.69) is 10.0 Å². The van der Waals surface area contributed by atoms with Crippen molar-refractivity contribution < 1.29 is 23.7 Å². The van der Waals surface area contributed by atoms with E-state index >= 15 is 0 Å². The van der Waals surface area contributed by atoms with Gasteiger partial charge >= 0.3 is 0 Å². The molecule has 0 aromatic carbocycles. The van der Waals surface area contributed by atoms with E-state index in [4.69, 9.17) is 36.1 Å². The fourth-order valence-electron chi connectivity index (χ4n) is 1.78. The Balaban J connectivity index is 2.97. The number of hydrogen-bond donors (Lipinski definition) is 0. The van der Waals surface area contributed by atoms with Crippen LogP contribution in [0.25, 0.3) is 10.4 Å². The first-order valence-corrected chi connectivity index (χ1v) is 9.01. The molecule has 0 rings (SSSR count). The highest BCUT2D eigenvalue weighted by atomic mass is 16.6. The van der Waals surface area contributed by atoms with Gasteiger partial charge in [-0.25, -0.2) is 0 Å². The maximum Gasteiger partial charge on any atom is 0.0701 e. The number of unbranched alkanes of at least 4 members (excludes halogenated alkanes) is 3. The molecule has 2 radical (unpaired) electrons. The quantitative estimate of drug-likeness (QED) is 0.136. The van der Waals surface area contributed by atoms with E-state index in [-0.39, 0.29) is 0 Å². The van der Waals surface area contributed by atoms with Crippen molar-refractivity contribution in [1.29, 1.82) is 0 Å². The van der Waals surface area contributed by atoms with Crippen molar-refractivity contribution >= 4 is 0 Å². The van der Waals surface area contributed by atoms with Gasteiger partial charge in [-0.3, -0.25) is 0 Å². The lowest BCUT2D eigenvalue weighted by Crippen LogP contribution is -2.13. The molecule has 0 aromatic rings. The van der Waals surface area contributed by atoms with Gasteiger partial charge in [0.1, 0.15) is 0 Å². The van der Waals surface area contributed by atoms with E-state index in [1.807, 2.05) is 0 Å². The maximum absolute atomic E-state index is 8.12. The van der Waals surface area contributed by atoms with Crippen molar-refractivity contribution in [2.45, 2.75) is 32.1 Å². The minimum atomic E-state index is 0.551. The second-order valence-corrected chi connectivity index (χ2v) is 5.22. The van der Waals surface area contributed by atoms with Crippen molar-refractivity contribution in [1.82, 2.24) is 0 Å². The summed E-state index contributed by atoms with van der Waals surface area (Å²) in [6, 6.07) is 0. The molecule has 0 fully saturated rings. The Morgan fingerprint density at radius 1 is 0.600 bits per heavy atom. The normalized spacial score (nSPS) is 10.8. The van der Waals surface area contributed by atoms with Crippen LogP contribution in [0.4, 0.5) is 0 Å². The lowest BCUT2D eigenvalue weighted by Gasteiger charge is -2.08. The molecular weight excluding hydrogens is 326 g/mol. The number of nitrogens with zero attached hydrogens (tertiary/aromatic N) is 3. The zero-order valence-corrected chi connectivity index (χ0v) is 15.3. The first-order chi connectivity index (χ1) is 12.4. The first kappa shape index (κ1) is 24.1. The van der Waals surface area contributed by atoms with Gasteiger partial charge < -0.3 is 23.7 Å². The maximum atomic E-state index is 8.12. The summed E-state index contributed by atoms with van der Waals surface area (Å²) in [6.07, 6.45) is 4.43. The average Bonchev–Trinajstić information content (AvgIpc) is 2.63. The van der Waals surface area contributed by atoms with Crippen molar-refractivity contribution in [3.05, 3.63) is 17.4 Å². The van der Waals surface area contributed by atoms with Gasteiger partial charge in [-0.15, -0.1) is 0 Å². The number of ether oxygens (including phenoxy) is 5. The standard InChI is InChI=1S/C17H33N3O5/c1-2-3-8-21-10-12-23-14-16-25-17-15-24-13-11-22-9-6-4-5-7-19-20-18/h1H,2-17H2.